The van der Waals surface area contributed by atoms with Gasteiger partial charge in [0.1, 0.15) is 0 Å². The van der Waals surface area contributed by atoms with E-state index in [4.69, 9.17) is 11.5 Å². The highest BCUT2D eigenvalue weighted by Crippen LogP contribution is 2.22. The van der Waals surface area contributed by atoms with Crippen molar-refractivity contribution in [1.29, 1.82) is 0 Å². The highest BCUT2D eigenvalue weighted by molar-refractivity contribution is 9.10. The topological polar surface area (TPSA) is 81.1 Å². The van der Waals surface area contributed by atoms with Crippen molar-refractivity contribution in [3.63, 3.8) is 0 Å². The highest BCUT2D eigenvalue weighted by Gasteiger charge is 2.08. The molecule has 0 heterocycles. The Morgan fingerprint density at radius 3 is 2.38 bits per heavy atom. The first-order chi connectivity index (χ1) is 10.1. The number of benzene rings is 2. The third-order valence-electron chi connectivity index (χ3n) is 3.19. The minimum Gasteiger partial charge on any atom is -0.380 e. The lowest BCUT2D eigenvalue weighted by molar-refractivity contribution is 0.100. The number of primary amides is 1. The Morgan fingerprint density at radius 1 is 1.10 bits per heavy atom. The molecule has 1 amide bonds. The molecule has 0 fully saturated rings. The van der Waals surface area contributed by atoms with Crippen LogP contribution in [0.15, 0.2) is 46.9 Å². The predicted molar refractivity (Wildman–Crippen MR) is 89.2 cm³/mol. The van der Waals surface area contributed by atoms with E-state index in [1.165, 1.54) is 5.56 Å². The van der Waals surface area contributed by atoms with Crippen LogP contribution in [0.25, 0.3) is 0 Å². The number of carbonyl (C=O) groups excluding carboxylic acids is 1. The molecule has 2 aromatic rings. The first-order valence-electron chi connectivity index (χ1n) is 6.71. The first-order valence-corrected chi connectivity index (χ1v) is 7.50. The molecule has 4 nitrogen and oxygen atoms in total. The standard InChI is InChI=1S/C16H18BrN3O/c17-13-5-6-14(16(19)21)15(9-13)20-10-12-3-1-11(2-4-12)7-8-18/h1-6,9,20H,7-8,10,18H2,(H2,19,21). The van der Waals surface area contributed by atoms with Gasteiger partial charge in [-0.3, -0.25) is 4.79 Å². The molecular formula is C16H18BrN3O. The van der Waals surface area contributed by atoms with Gasteiger partial charge in [-0.2, -0.15) is 0 Å². The monoisotopic (exact) mass is 347 g/mol. The molecule has 5 N–H and O–H groups in total. The van der Waals surface area contributed by atoms with Crippen molar-refractivity contribution < 1.29 is 4.79 Å². The van der Waals surface area contributed by atoms with Gasteiger partial charge in [0, 0.05) is 16.7 Å². The molecule has 0 aliphatic carbocycles. The van der Waals surface area contributed by atoms with Crippen LogP contribution in [0.4, 0.5) is 5.69 Å². The molecule has 21 heavy (non-hydrogen) atoms. The molecule has 0 aliphatic rings. The van der Waals surface area contributed by atoms with E-state index in [-0.39, 0.29) is 0 Å². The Hall–Kier alpha value is -1.85. The molecule has 5 heteroatoms. The highest BCUT2D eigenvalue weighted by atomic mass is 79.9. The zero-order chi connectivity index (χ0) is 15.2. The fourth-order valence-electron chi connectivity index (χ4n) is 2.07. The molecule has 0 aromatic heterocycles. The largest absolute Gasteiger partial charge is 0.380 e. The maximum atomic E-state index is 11.4. The van der Waals surface area contributed by atoms with Crippen LogP contribution < -0.4 is 16.8 Å². The van der Waals surface area contributed by atoms with Crippen LogP contribution in [-0.4, -0.2) is 12.5 Å². The molecule has 2 rings (SSSR count). The van der Waals surface area contributed by atoms with E-state index >= 15 is 0 Å². The van der Waals surface area contributed by atoms with Crippen molar-refractivity contribution in [3.05, 3.63) is 63.6 Å². The molecule has 2 aromatic carbocycles. The number of anilines is 1. The smallest absolute Gasteiger partial charge is 0.250 e. The van der Waals surface area contributed by atoms with Gasteiger partial charge in [-0.15, -0.1) is 0 Å². The summed E-state index contributed by atoms with van der Waals surface area (Å²) in [6, 6.07) is 13.6. The lowest BCUT2D eigenvalue weighted by Gasteiger charge is -2.11. The summed E-state index contributed by atoms with van der Waals surface area (Å²) in [5, 5.41) is 3.25. The van der Waals surface area contributed by atoms with E-state index in [1.807, 2.05) is 6.07 Å². The maximum Gasteiger partial charge on any atom is 0.250 e. The number of rotatable bonds is 6. The van der Waals surface area contributed by atoms with Crippen molar-refractivity contribution in [2.45, 2.75) is 13.0 Å². The Labute approximate surface area is 132 Å². The molecule has 0 aliphatic heterocycles. The summed E-state index contributed by atoms with van der Waals surface area (Å²) in [5.74, 6) is -0.441. The lowest BCUT2D eigenvalue weighted by Crippen LogP contribution is -2.14. The fraction of sp³-hybridized carbons (Fsp3) is 0.188. The minimum absolute atomic E-state index is 0.441. The second-order valence-electron chi connectivity index (χ2n) is 4.76. The number of nitrogens with two attached hydrogens (primary N) is 2. The quantitative estimate of drug-likeness (QED) is 0.751. The Morgan fingerprint density at radius 2 is 1.76 bits per heavy atom. The van der Waals surface area contributed by atoms with E-state index in [2.05, 4.69) is 45.5 Å². The summed E-state index contributed by atoms with van der Waals surface area (Å²) in [7, 11) is 0. The summed E-state index contributed by atoms with van der Waals surface area (Å²) in [5.41, 5.74) is 14.5. The normalized spacial score (nSPS) is 10.4. The summed E-state index contributed by atoms with van der Waals surface area (Å²) in [6.45, 7) is 1.28. The van der Waals surface area contributed by atoms with Gasteiger partial charge in [0.05, 0.1) is 5.56 Å². The van der Waals surface area contributed by atoms with Crippen LogP contribution in [0.5, 0.6) is 0 Å². The number of carbonyl (C=O) groups is 1. The summed E-state index contributed by atoms with van der Waals surface area (Å²) >= 11 is 3.39. The van der Waals surface area contributed by atoms with Gasteiger partial charge in [-0.25, -0.2) is 0 Å². The van der Waals surface area contributed by atoms with Crippen molar-refractivity contribution in [2.75, 3.05) is 11.9 Å². The summed E-state index contributed by atoms with van der Waals surface area (Å²) in [4.78, 5) is 11.4. The van der Waals surface area contributed by atoms with Gasteiger partial charge in [0.2, 0.25) is 0 Å². The molecule has 0 unspecified atom stereocenters. The van der Waals surface area contributed by atoms with Gasteiger partial charge in [0.25, 0.3) is 5.91 Å². The van der Waals surface area contributed by atoms with Gasteiger partial charge < -0.3 is 16.8 Å². The van der Waals surface area contributed by atoms with Crippen molar-refractivity contribution >= 4 is 27.5 Å². The van der Waals surface area contributed by atoms with Gasteiger partial charge in [0.15, 0.2) is 0 Å². The van der Waals surface area contributed by atoms with E-state index < -0.39 is 5.91 Å². The van der Waals surface area contributed by atoms with Gasteiger partial charge >= 0.3 is 0 Å². The molecule has 0 saturated carbocycles. The van der Waals surface area contributed by atoms with E-state index in [0.29, 0.717) is 18.7 Å². The average molecular weight is 348 g/mol. The number of hydrogen-bond acceptors (Lipinski definition) is 3. The summed E-state index contributed by atoms with van der Waals surface area (Å²) in [6.07, 6.45) is 0.880. The fourth-order valence-corrected chi connectivity index (χ4v) is 2.43. The van der Waals surface area contributed by atoms with Crippen LogP contribution in [0.2, 0.25) is 0 Å². The van der Waals surface area contributed by atoms with Crippen molar-refractivity contribution in [1.82, 2.24) is 0 Å². The predicted octanol–water partition coefficient (Wildman–Crippen LogP) is 2.66. The SMILES string of the molecule is NCCc1ccc(CNc2cc(Br)ccc2C(N)=O)cc1. The van der Waals surface area contributed by atoms with E-state index in [0.717, 1.165) is 22.1 Å². The van der Waals surface area contributed by atoms with Crippen LogP contribution in [0.1, 0.15) is 21.5 Å². The van der Waals surface area contributed by atoms with E-state index in [1.54, 1.807) is 12.1 Å². The molecule has 0 radical (unpaired) electrons. The lowest BCUT2D eigenvalue weighted by atomic mass is 10.1. The van der Waals surface area contributed by atoms with Gasteiger partial charge in [-0.05, 0) is 42.3 Å². The molecule has 0 bridgehead atoms. The maximum absolute atomic E-state index is 11.4. The first kappa shape index (κ1) is 15.5. The zero-order valence-corrected chi connectivity index (χ0v) is 13.2. The Bertz CT molecular complexity index is 626. The van der Waals surface area contributed by atoms with E-state index in [9.17, 15) is 4.79 Å². The van der Waals surface area contributed by atoms with Crippen molar-refractivity contribution in [2.24, 2.45) is 11.5 Å². The Balaban J connectivity index is 2.08. The third-order valence-corrected chi connectivity index (χ3v) is 3.68. The molecule has 0 spiro atoms. The summed E-state index contributed by atoms with van der Waals surface area (Å²) < 4.78 is 0.897. The van der Waals surface area contributed by atoms with Crippen molar-refractivity contribution in [3.8, 4) is 0 Å². The van der Waals surface area contributed by atoms with Crippen LogP contribution in [0.3, 0.4) is 0 Å². The molecule has 0 saturated heterocycles. The van der Waals surface area contributed by atoms with Gasteiger partial charge in [-0.1, -0.05) is 40.2 Å². The average Bonchev–Trinajstić information content (AvgIpc) is 2.46. The zero-order valence-electron chi connectivity index (χ0n) is 11.6. The number of halogens is 1. The van der Waals surface area contributed by atoms with Crippen LogP contribution in [0, 0.1) is 0 Å². The Kier molecular flexibility index (Phi) is 5.36. The number of nitrogens with one attached hydrogen (secondary N) is 1. The van der Waals surface area contributed by atoms with Crippen LogP contribution >= 0.6 is 15.9 Å². The number of hydrogen-bond donors (Lipinski definition) is 3. The minimum atomic E-state index is -0.441. The number of amides is 1. The second kappa shape index (κ2) is 7.24. The molecule has 110 valence electrons. The molecule has 0 atom stereocenters. The third kappa shape index (κ3) is 4.31. The van der Waals surface area contributed by atoms with Crippen LogP contribution in [-0.2, 0) is 13.0 Å². The molecular weight excluding hydrogens is 330 g/mol. The second-order valence-corrected chi connectivity index (χ2v) is 5.68.